The number of nitrogens with zero attached hydrogens (tertiary/aromatic N) is 5. The van der Waals surface area contributed by atoms with Gasteiger partial charge in [0.1, 0.15) is 21.6 Å². The Morgan fingerprint density at radius 2 is 1.76 bits per heavy atom. The number of para-hydroxylation sites is 1. The van der Waals surface area contributed by atoms with Crippen LogP contribution < -0.4 is 15.4 Å². The Hall–Kier alpha value is -3.24. The third kappa shape index (κ3) is 5.13. The number of piperazine rings is 1. The summed E-state index contributed by atoms with van der Waals surface area (Å²) >= 11 is 6.71. The second-order valence-electron chi connectivity index (χ2n) is 9.05. The number of aromatic nitrogens is 2. The van der Waals surface area contributed by atoms with Crippen LogP contribution in [-0.4, -0.2) is 57.2 Å². The van der Waals surface area contributed by atoms with Gasteiger partial charge >= 0.3 is 0 Å². The number of unbranched alkanes of at least 4 members (excludes halogenated alkanes) is 2. The molecule has 0 radical (unpaired) electrons. The molecule has 0 N–H and O–H groups in total. The number of carbonyl (C=O) groups is 1. The largest absolute Gasteiger partial charge is 0.366 e. The maximum Gasteiger partial charge on any atom is 0.267 e. The lowest BCUT2D eigenvalue weighted by Crippen LogP contribution is -2.47. The van der Waals surface area contributed by atoms with E-state index in [9.17, 15) is 14.0 Å². The second-order valence-corrected chi connectivity index (χ2v) is 10.7. The van der Waals surface area contributed by atoms with Gasteiger partial charge in [0.25, 0.3) is 11.5 Å². The number of amides is 1. The first-order valence-electron chi connectivity index (χ1n) is 12.5. The molecule has 0 aliphatic carbocycles. The van der Waals surface area contributed by atoms with E-state index in [0.717, 1.165) is 19.3 Å². The van der Waals surface area contributed by atoms with Gasteiger partial charge in [-0.15, -0.1) is 0 Å². The molecule has 7 nitrogen and oxygen atoms in total. The zero-order valence-corrected chi connectivity index (χ0v) is 22.2. The Bertz CT molecular complexity index is 1430. The standard InChI is InChI=1S/C27H28FN5O2S2/c1-2-3-7-13-33-26(35)22(37-27(33)36)18-19-24(29-23-11-6-8-12-32(23)25(19)34)31-16-14-30(15-17-31)21-10-5-4-9-20(21)28/h4-6,8-12,18H,2-3,7,13-17H2,1H3/b22-18+. The molecular weight excluding hydrogens is 509 g/mol. The molecule has 3 aromatic rings. The summed E-state index contributed by atoms with van der Waals surface area (Å²) in [5, 5.41) is 0. The van der Waals surface area contributed by atoms with E-state index in [0.29, 0.717) is 64.7 Å². The molecule has 4 heterocycles. The van der Waals surface area contributed by atoms with Gasteiger partial charge in [-0.25, -0.2) is 9.37 Å². The lowest BCUT2D eigenvalue weighted by molar-refractivity contribution is -0.122. The number of hydrogen-bond acceptors (Lipinski definition) is 7. The minimum absolute atomic E-state index is 0.168. The molecule has 0 atom stereocenters. The normalized spacial score (nSPS) is 17.5. The number of thioether (sulfide) groups is 1. The second kappa shape index (κ2) is 11.0. The number of anilines is 2. The highest BCUT2D eigenvalue weighted by Gasteiger charge is 2.33. The zero-order chi connectivity index (χ0) is 25.9. The van der Waals surface area contributed by atoms with E-state index in [1.165, 1.54) is 22.2 Å². The Labute approximate surface area is 224 Å². The van der Waals surface area contributed by atoms with Crippen molar-refractivity contribution in [2.45, 2.75) is 26.2 Å². The Morgan fingerprint density at radius 3 is 2.51 bits per heavy atom. The Kier molecular flexibility index (Phi) is 7.57. The molecule has 0 saturated carbocycles. The fourth-order valence-corrected chi connectivity index (χ4v) is 5.96. The molecule has 0 unspecified atom stereocenters. The van der Waals surface area contributed by atoms with Crippen molar-refractivity contribution in [3.8, 4) is 0 Å². The van der Waals surface area contributed by atoms with Gasteiger partial charge < -0.3 is 9.80 Å². The molecule has 192 valence electrons. The van der Waals surface area contributed by atoms with Crippen LogP contribution in [0.3, 0.4) is 0 Å². The summed E-state index contributed by atoms with van der Waals surface area (Å²) in [4.78, 5) is 37.7. The average molecular weight is 538 g/mol. The molecule has 2 fully saturated rings. The highest BCUT2D eigenvalue weighted by Crippen LogP contribution is 2.34. The Morgan fingerprint density at radius 1 is 1.03 bits per heavy atom. The molecule has 2 aromatic heterocycles. The molecule has 1 amide bonds. The first-order chi connectivity index (χ1) is 18.0. The molecule has 1 aromatic carbocycles. The zero-order valence-electron chi connectivity index (χ0n) is 20.6. The smallest absolute Gasteiger partial charge is 0.267 e. The van der Waals surface area contributed by atoms with Gasteiger partial charge in [0.05, 0.1) is 16.2 Å². The number of carbonyl (C=O) groups excluding carboxylic acids is 1. The van der Waals surface area contributed by atoms with Crippen LogP contribution in [0, 0.1) is 5.82 Å². The van der Waals surface area contributed by atoms with Crippen molar-refractivity contribution in [3.05, 3.63) is 75.3 Å². The van der Waals surface area contributed by atoms with Gasteiger partial charge in [-0.3, -0.25) is 18.9 Å². The van der Waals surface area contributed by atoms with E-state index in [1.54, 1.807) is 41.4 Å². The molecule has 2 aliphatic heterocycles. The molecule has 2 aliphatic rings. The number of rotatable bonds is 7. The van der Waals surface area contributed by atoms with Crippen molar-refractivity contribution >= 4 is 57.4 Å². The summed E-state index contributed by atoms with van der Waals surface area (Å²) in [5.74, 6) is 0.110. The van der Waals surface area contributed by atoms with Crippen LogP contribution in [-0.2, 0) is 4.79 Å². The number of benzene rings is 1. The van der Waals surface area contributed by atoms with Crippen LogP contribution in [0.2, 0.25) is 0 Å². The predicted octanol–water partition coefficient (Wildman–Crippen LogP) is 4.55. The van der Waals surface area contributed by atoms with Gasteiger partial charge in [0, 0.05) is 38.9 Å². The van der Waals surface area contributed by atoms with Crippen LogP contribution in [0.4, 0.5) is 15.9 Å². The van der Waals surface area contributed by atoms with Crippen LogP contribution in [0.25, 0.3) is 11.7 Å². The topological polar surface area (TPSA) is 61.2 Å². The minimum atomic E-state index is -0.250. The average Bonchev–Trinajstić information content (AvgIpc) is 3.18. The summed E-state index contributed by atoms with van der Waals surface area (Å²) in [5.41, 5.74) is 1.22. The fraction of sp³-hybridized carbons (Fsp3) is 0.333. The molecule has 5 rings (SSSR count). The van der Waals surface area contributed by atoms with Crippen LogP contribution >= 0.6 is 24.0 Å². The summed E-state index contributed by atoms with van der Waals surface area (Å²) in [6.45, 7) is 4.97. The molecule has 0 bridgehead atoms. The highest BCUT2D eigenvalue weighted by molar-refractivity contribution is 8.26. The van der Waals surface area contributed by atoms with E-state index >= 15 is 0 Å². The lowest BCUT2D eigenvalue weighted by Gasteiger charge is -2.37. The van der Waals surface area contributed by atoms with Crippen LogP contribution in [0.15, 0.2) is 58.4 Å². The summed E-state index contributed by atoms with van der Waals surface area (Å²) < 4.78 is 16.4. The maximum absolute atomic E-state index is 14.3. The lowest BCUT2D eigenvalue weighted by atomic mass is 10.2. The van der Waals surface area contributed by atoms with Crippen molar-refractivity contribution in [3.63, 3.8) is 0 Å². The summed E-state index contributed by atoms with van der Waals surface area (Å²) in [6, 6.07) is 12.2. The molecule has 37 heavy (non-hydrogen) atoms. The van der Waals surface area contributed by atoms with Crippen molar-refractivity contribution in [1.82, 2.24) is 14.3 Å². The van der Waals surface area contributed by atoms with Crippen molar-refractivity contribution in [2.24, 2.45) is 0 Å². The maximum atomic E-state index is 14.3. The van der Waals surface area contributed by atoms with E-state index in [4.69, 9.17) is 17.2 Å². The monoisotopic (exact) mass is 537 g/mol. The number of pyridine rings is 1. The first-order valence-corrected chi connectivity index (χ1v) is 13.7. The van der Waals surface area contributed by atoms with Crippen molar-refractivity contribution < 1.29 is 9.18 Å². The fourth-order valence-electron chi connectivity index (χ4n) is 4.67. The van der Waals surface area contributed by atoms with E-state index in [2.05, 4.69) is 6.92 Å². The Balaban J connectivity index is 1.48. The van der Waals surface area contributed by atoms with E-state index < -0.39 is 0 Å². The summed E-state index contributed by atoms with van der Waals surface area (Å²) in [7, 11) is 0. The van der Waals surface area contributed by atoms with Gasteiger partial charge in [-0.1, -0.05) is 61.9 Å². The molecular formula is C27H28FN5O2S2. The van der Waals surface area contributed by atoms with Gasteiger partial charge in [-0.2, -0.15) is 0 Å². The van der Waals surface area contributed by atoms with E-state index in [1.807, 2.05) is 21.9 Å². The SMILES string of the molecule is CCCCCN1C(=O)/C(=C\c2c(N3CCN(c4ccccc4F)CC3)nc3ccccn3c2=O)SC1=S. The third-order valence-electron chi connectivity index (χ3n) is 6.66. The summed E-state index contributed by atoms with van der Waals surface area (Å²) in [6.07, 6.45) is 6.28. The van der Waals surface area contributed by atoms with Gasteiger partial charge in [0.2, 0.25) is 0 Å². The third-order valence-corrected chi connectivity index (χ3v) is 8.03. The number of fused-ring (bicyclic) bond motifs is 1. The molecule has 0 spiro atoms. The van der Waals surface area contributed by atoms with Crippen molar-refractivity contribution in [2.75, 3.05) is 42.5 Å². The number of halogens is 1. The van der Waals surface area contributed by atoms with Gasteiger partial charge in [-0.05, 0) is 36.8 Å². The first kappa shape index (κ1) is 25.4. The van der Waals surface area contributed by atoms with Crippen LogP contribution in [0.1, 0.15) is 31.7 Å². The molecule has 2 saturated heterocycles. The number of hydrogen-bond donors (Lipinski definition) is 0. The van der Waals surface area contributed by atoms with Crippen LogP contribution in [0.5, 0.6) is 0 Å². The van der Waals surface area contributed by atoms with Crippen molar-refractivity contribution in [1.29, 1.82) is 0 Å². The van der Waals surface area contributed by atoms with Gasteiger partial charge in [0.15, 0.2) is 0 Å². The van der Waals surface area contributed by atoms with E-state index in [-0.39, 0.29) is 17.3 Å². The number of thiocarbonyl (C=S) groups is 1. The minimum Gasteiger partial charge on any atom is -0.366 e. The predicted molar refractivity (Wildman–Crippen MR) is 152 cm³/mol. The molecule has 10 heteroatoms. The highest BCUT2D eigenvalue weighted by atomic mass is 32.2. The quantitative estimate of drug-likeness (QED) is 0.249.